The molecule has 0 spiro atoms. The lowest BCUT2D eigenvalue weighted by molar-refractivity contribution is 0.0475. The van der Waals surface area contributed by atoms with Gasteiger partial charge in [-0.05, 0) is 37.9 Å². The van der Waals surface area contributed by atoms with Gasteiger partial charge in [0.05, 0.1) is 25.5 Å². The molecule has 0 aromatic carbocycles. The molecule has 1 aliphatic rings. The van der Waals surface area contributed by atoms with Crippen molar-refractivity contribution in [3.05, 3.63) is 24.0 Å². The van der Waals surface area contributed by atoms with Crippen molar-refractivity contribution in [2.75, 3.05) is 13.7 Å². The highest BCUT2D eigenvalue weighted by Gasteiger charge is 2.42. The fourth-order valence-corrected chi connectivity index (χ4v) is 3.28. The molecule has 0 radical (unpaired) electrons. The van der Waals surface area contributed by atoms with Crippen molar-refractivity contribution in [1.29, 1.82) is 0 Å². The van der Waals surface area contributed by atoms with Gasteiger partial charge in [0, 0.05) is 18.2 Å². The molecule has 4 heteroatoms. The standard InChI is InChI=1S/C16H26N2O2/c1-6-18-16(13-7-14(19-5)9-17-8-13)15-10(2)11(3)20-12(15)4/h7-12,15-16,18H,6H2,1-5H3. The third kappa shape index (κ3) is 2.96. The Morgan fingerprint density at radius 1 is 1.30 bits per heavy atom. The molecular formula is C16H26N2O2. The Bertz CT molecular complexity index is 438. The molecule has 2 rings (SSSR count). The van der Waals surface area contributed by atoms with Gasteiger partial charge in [-0.2, -0.15) is 0 Å². The van der Waals surface area contributed by atoms with Crippen LogP contribution in [-0.2, 0) is 4.74 Å². The molecule has 0 aliphatic carbocycles. The number of nitrogens with one attached hydrogen (secondary N) is 1. The van der Waals surface area contributed by atoms with E-state index in [4.69, 9.17) is 9.47 Å². The predicted molar refractivity (Wildman–Crippen MR) is 79.9 cm³/mol. The van der Waals surface area contributed by atoms with Gasteiger partial charge in [-0.25, -0.2) is 0 Å². The van der Waals surface area contributed by atoms with E-state index in [1.807, 2.05) is 6.20 Å². The van der Waals surface area contributed by atoms with Gasteiger partial charge >= 0.3 is 0 Å². The highest BCUT2D eigenvalue weighted by Crippen LogP contribution is 2.40. The molecule has 20 heavy (non-hydrogen) atoms. The van der Waals surface area contributed by atoms with Gasteiger partial charge in [-0.15, -0.1) is 0 Å². The van der Waals surface area contributed by atoms with Crippen molar-refractivity contribution in [2.24, 2.45) is 11.8 Å². The average Bonchev–Trinajstić information content (AvgIpc) is 2.70. The van der Waals surface area contributed by atoms with E-state index in [9.17, 15) is 0 Å². The summed E-state index contributed by atoms with van der Waals surface area (Å²) in [6.07, 6.45) is 4.22. The van der Waals surface area contributed by atoms with E-state index in [2.05, 4.69) is 44.1 Å². The SMILES string of the molecule is CCNC(c1cncc(OC)c1)C1C(C)OC(C)C1C. The summed E-state index contributed by atoms with van der Waals surface area (Å²) < 4.78 is 11.3. The zero-order valence-corrected chi connectivity index (χ0v) is 13.1. The molecule has 5 atom stereocenters. The summed E-state index contributed by atoms with van der Waals surface area (Å²) in [5, 5.41) is 3.60. The van der Waals surface area contributed by atoms with Gasteiger partial charge < -0.3 is 14.8 Å². The number of pyridine rings is 1. The van der Waals surface area contributed by atoms with Crippen LogP contribution < -0.4 is 10.1 Å². The number of aromatic nitrogens is 1. The summed E-state index contributed by atoms with van der Waals surface area (Å²) in [5.41, 5.74) is 1.17. The Morgan fingerprint density at radius 2 is 2.05 bits per heavy atom. The second-order valence-corrected chi connectivity index (χ2v) is 5.68. The predicted octanol–water partition coefficient (Wildman–Crippen LogP) is 2.80. The van der Waals surface area contributed by atoms with Crippen LogP contribution in [-0.4, -0.2) is 30.8 Å². The number of methoxy groups -OCH3 is 1. The third-order valence-electron chi connectivity index (χ3n) is 4.46. The molecule has 5 unspecified atom stereocenters. The first kappa shape index (κ1) is 15.3. The summed E-state index contributed by atoms with van der Waals surface area (Å²) in [6.45, 7) is 9.66. The lowest BCUT2D eigenvalue weighted by atomic mass is 9.81. The van der Waals surface area contributed by atoms with Crippen molar-refractivity contribution < 1.29 is 9.47 Å². The Balaban J connectivity index is 2.30. The highest BCUT2D eigenvalue weighted by molar-refractivity contribution is 5.27. The fraction of sp³-hybridized carbons (Fsp3) is 0.688. The summed E-state index contributed by atoms with van der Waals surface area (Å²) in [7, 11) is 1.68. The molecule has 0 saturated carbocycles. The second-order valence-electron chi connectivity index (χ2n) is 5.68. The Kier molecular flexibility index (Phi) is 5.00. The molecule has 0 bridgehead atoms. The van der Waals surface area contributed by atoms with Crippen LogP contribution in [0.4, 0.5) is 0 Å². The van der Waals surface area contributed by atoms with Crippen LogP contribution in [0.15, 0.2) is 18.5 Å². The van der Waals surface area contributed by atoms with Crippen LogP contribution in [0.25, 0.3) is 0 Å². The van der Waals surface area contributed by atoms with Crippen molar-refractivity contribution >= 4 is 0 Å². The van der Waals surface area contributed by atoms with Crippen LogP contribution in [0.5, 0.6) is 5.75 Å². The van der Waals surface area contributed by atoms with Crippen molar-refractivity contribution in [2.45, 2.75) is 45.9 Å². The molecular weight excluding hydrogens is 252 g/mol. The highest BCUT2D eigenvalue weighted by atomic mass is 16.5. The van der Waals surface area contributed by atoms with E-state index in [1.54, 1.807) is 13.3 Å². The van der Waals surface area contributed by atoms with E-state index >= 15 is 0 Å². The first-order valence-electron chi connectivity index (χ1n) is 7.46. The molecule has 2 heterocycles. The van der Waals surface area contributed by atoms with Gasteiger partial charge in [0.1, 0.15) is 5.75 Å². The molecule has 1 aliphatic heterocycles. The summed E-state index contributed by atoms with van der Waals surface area (Å²) >= 11 is 0. The monoisotopic (exact) mass is 278 g/mol. The van der Waals surface area contributed by atoms with E-state index in [0.717, 1.165) is 12.3 Å². The number of rotatable bonds is 5. The average molecular weight is 278 g/mol. The minimum absolute atomic E-state index is 0.246. The van der Waals surface area contributed by atoms with E-state index in [0.29, 0.717) is 17.9 Å². The van der Waals surface area contributed by atoms with Crippen molar-refractivity contribution in [3.63, 3.8) is 0 Å². The zero-order valence-electron chi connectivity index (χ0n) is 13.1. The largest absolute Gasteiger partial charge is 0.495 e. The molecule has 0 amide bonds. The fourth-order valence-electron chi connectivity index (χ4n) is 3.28. The van der Waals surface area contributed by atoms with Crippen LogP contribution in [0.3, 0.4) is 0 Å². The number of hydrogen-bond donors (Lipinski definition) is 1. The van der Waals surface area contributed by atoms with Crippen LogP contribution in [0.2, 0.25) is 0 Å². The summed E-state index contributed by atoms with van der Waals surface area (Å²) in [6, 6.07) is 2.32. The molecule has 4 nitrogen and oxygen atoms in total. The first-order chi connectivity index (χ1) is 9.58. The van der Waals surface area contributed by atoms with Gasteiger partial charge in [0.25, 0.3) is 0 Å². The van der Waals surface area contributed by atoms with E-state index in [1.165, 1.54) is 5.56 Å². The van der Waals surface area contributed by atoms with E-state index in [-0.39, 0.29) is 12.1 Å². The van der Waals surface area contributed by atoms with Crippen molar-refractivity contribution in [3.8, 4) is 5.75 Å². The molecule has 1 fully saturated rings. The molecule has 1 aromatic heterocycles. The van der Waals surface area contributed by atoms with E-state index < -0.39 is 0 Å². The Hall–Kier alpha value is -1.13. The van der Waals surface area contributed by atoms with Crippen LogP contribution in [0.1, 0.15) is 39.3 Å². The van der Waals surface area contributed by atoms with Gasteiger partial charge in [0.2, 0.25) is 0 Å². The van der Waals surface area contributed by atoms with Gasteiger partial charge in [-0.3, -0.25) is 4.98 Å². The lowest BCUT2D eigenvalue weighted by Gasteiger charge is -2.30. The summed E-state index contributed by atoms with van der Waals surface area (Å²) in [5.74, 6) is 1.76. The maximum Gasteiger partial charge on any atom is 0.137 e. The molecule has 1 aromatic rings. The maximum absolute atomic E-state index is 6.00. The lowest BCUT2D eigenvalue weighted by Crippen LogP contribution is -2.35. The molecule has 1 N–H and O–H groups in total. The van der Waals surface area contributed by atoms with Gasteiger partial charge in [0.15, 0.2) is 0 Å². The number of ether oxygens (including phenoxy) is 2. The molecule has 1 saturated heterocycles. The number of hydrogen-bond acceptors (Lipinski definition) is 4. The number of nitrogens with zero attached hydrogens (tertiary/aromatic N) is 1. The van der Waals surface area contributed by atoms with Gasteiger partial charge in [-0.1, -0.05) is 13.8 Å². The minimum atomic E-state index is 0.246. The smallest absolute Gasteiger partial charge is 0.137 e. The Morgan fingerprint density at radius 3 is 2.60 bits per heavy atom. The minimum Gasteiger partial charge on any atom is -0.495 e. The zero-order chi connectivity index (χ0) is 14.7. The quantitative estimate of drug-likeness (QED) is 0.899. The van der Waals surface area contributed by atoms with Crippen LogP contribution >= 0.6 is 0 Å². The molecule has 112 valence electrons. The summed E-state index contributed by atoms with van der Waals surface area (Å²) in [4.78, 5) is 4.29. The normalized spacial score (nSPS) is 31.2. The second kappa shape index (κ2) is 6.55. The topological polar surface area (TPSA) is 43.4 Å². The Labute approximate surface area is 121 Å². The first-order valence-corrected chi connectivity index (χ1v) is 7.46. The maximum atomic E-state index is 6.00. The van der Waals surface area contributed by atoms with Crippen LogP contribution in [0, 0.1) is 11.8 Å². The van der Waals surface area contributed by atoms with Crippen molar-refractivity contribution in [1.82, 2.24) is 10.3 Å². The third-order valence-corrected chi connectivity index (χ3v) is 4.46.